The molecule has 142 valence electrons. The Morgan fingerprint density at radius 3 is 2.07 bits per heavy atom. The Morgan fingerprint density at radius 1 is 0.786 bits per heavy atom. The third-order valence-corrected chi connectivity index (χ3v) is 4.03. The lowest BCUT2D eigenvalue weighted by molar-refractivity contribution is -0.385. The van der Waals surface area contributed by atoms with Gasteiger partial charge in [-0.15, -0.1) is 0 Å². The highest BCUT2D eigenvalue weighted by Gasteiger charge is 2.06. The predicted molar refractivity (Wildman–Crippen MR) is 104 cm³/mol. The van der Waals surface area contributed by atoms with Crippen molar-refractivity contribution in [3.8, 4) is 5.75 Å². The number of nitrogens with one attached hydrogen (secondary N) is 1. The minimum atomic E-state index is -0.439. The molecule has 28 heavy (non-hydrogen) atoms. The van der Waals surface area contributed by atoms with E-state index in [1.165, 1.54) is 24.3 Å². The van der Waals surface area contributed by atoms with Crippen molar-refractivity contribution in [2.24, 2.45) is 0 Å². The summed E-state index contributed by atoms with van der Waals surface area (Å²) in [5, 5.41) is 24.6. The van der Waals surface area contributed by atoms with Gasteiger partial charge in [-0.1, -0.05) is 18.2 Å². The summed E-state index contributed by atoms with van der Waals surface area (Å²) < 4.78 is 5.69. The zero-order valence-electron chi connectivity index (χ0n) is 14.8. The van der Waals surface area contributed by atoms with E-state index in [-0.39, 0.29) is 11.4 Å². The van der Waals surface area contributed by atoms with Gasteiger partial charge in [0.15, 0.2) is 0 Å². The fourth-order valence-corrected chi connectivity index (χ4v) is 2.52. The monoisotopic (exact) mass is 379 g/mol. The van der Waals surface area contributed by atoms with E-state index in [1.54, 1.807) is 24.3 Å². The highest BCUT2D eigenvalue weighted by atomic mass is 16.6. The summed E-state index contributed by atoms with van der Waals surface area (Å²) in [5.41, 5.74) is 2.59. The van der Waals surface area contributed by atoms with E-state index >= 15 is 0 Å². The van der Waals surface area contributed by atoms with Gasteiger partial charge >= 0.3 is 0 Å². The zero-order chi connectivity index (χ0) is 19.9. The van der Waals surface area contributed by atoms with Crippen LogP contribution in [0.1, 0.15) is 11.1 Å². The second kappa shape index (κ2) is 8.63. The van der Waals surface area contributed by atoms with Crippen LogP contribution >= 0.6 is 0 Å². The van der Waals surface area contributed by atoms with Crippen LogP contribution < -0.4 is 10.1 Å². The number of nitrogens with zero attached hydrogens (tertiary/aromatic N) is 2. The molecule has 0 atom stereocenters. The van der Waals surface area contributed by atoms with Gasteiger partial charge in [-0.05, 0) is 41.5 Å². The molecule has 8 heteroatoms. The number of anilines is 1. The first-order chi connectivity index (χ1) is 13.5. The third kappa shape index (κ3) is 5.04. The van der Waals surface area contributed by atoms with Crippen LogP contribution in [0.2, 0.25) is 0 Å². The van der Waals surface area contributed by atoms with E-state index in [2.05, 4.69) is 5.32 Å². The molecule has 0 saturated carbocycles. The maximum atomic E-state index is 10.8. The lowest BCUT2D eigenvalue weighted by atomic mass is 10.2. The summed E-state index contributed by atoms with van der Waals surface area (Å²) in [6.45, 7) is 0.826. The summed E-state index contributed by atoms with van der Waals surface area (Å²) >= 11 is 0. The van der Waals surface area contributed by atoms with Crippen molar-refractivity contribution in [2.75, 3.05) is 5.32 Å². The van der Waals surface area contributed by atoms with Crippen LogP contribution in [0.5, 0.6) is 5.75 Å². The first-order valence-electron chi connectivity index (χ1n) is 8.45. The predicted octanol–water partition coefficient (Wildman–Crippen LogP) is 4.69. The molecule has 3 aromatic rings. The van der Waals surface area contributed by atoms with Crippen LogP contribution in [0.4, 0.5) is 17.1 Å². The van der Waals surface area contributed by atoms with Crippen molar-refractivity contribution in [2.45, 2.75) is 13.2 Å². The lowest BCUT2D eigenvalue weighted by Crippen LogP contribution is -2.00. The Bertz CT molecular complexity index is 972. The van der Waals surface area contributed by atoms with Crippen LogP contribution in [-0.2, 0) is 13.2 Å². The SMILES string of the molecule is O=[N+]([O-])c1ccc(COc2ccc(CNc3cccc([N+](=O)[O-])c3)cc2)cc1. The molecule has 0 radical (unpaired) electrons. The minimum absolute atomic E-state index is 0.0417. The van der Waals surface area contributed by atoms with Gasteiger partial charge in [-0.3, -0.25) is 20.2 Å². The number of rotatable bonds is 8. The lowest BCUT2D eigenvalue weighted by Gasteiger charge is -2.09. The molecule has 1 N–H and O–H groups in total. The van der Waals surface area contributed by atoms with Crippen LogP contribution in [-0.4, -0.2) is 9.85 Å². The topological polar surface area (TPSA) is 108 Å². The average molecular weight is 379 g/mol. The van der Waals surface area contributed by atoms with Crippen molar-refractivity contribution >= 4 is 17.1 Å². The average Bonchev–Trinajstić information content (AvgIpc) is 2.72. The van der Waals surface area contributed by atoms with Crippen LogP contribution in [0.3, 0.4) is 0 Å². The van der Waals surface area contributed by atoms with Crippen LogP contribution in [0, 0.1) is 20.2 Å². The fraction of sp³-hybridized carbons (Fsp3) is 0.100. The van der Waals surface area contributed by atoms with Gasteiger partial charge in [0, 0.05) is 36.5 Å². The molecule has 0 heterocycles. The fourth-order valence-electron chi connectivity index (χ4n) is 2.52. The van der Waals surface area contributed by atoms with Gasteiger partial charge in [0.05, 0.1) is 9.85 Å². The summed E-state index contributed by atoms with van der Waals surface area (Å²) in [6.07, 6.45) is 0. The Balaban J connectivity index is 1.52. The Morgan fingerprint density at radius 2 is 1.43 bits per heavy atom. The maximum Gasteiger partial charge on any atom is 0.271 e. The standard InChI is InChI=1S/C20H17N3O5/c24-22(25)18-8-4-16(5-9-18)14-28-20-10-6-15(7-11-20)13-21-17-2-1-3-19(12-17)23(26)27/h1-12,21H,13-14H2. The molecule has 0 aromatic heterocycles. The van der Waals surface area contributed by atoms with Crippen LogP contribution in [0.15, 0.2) is 72.8 Å². The Hall–Kier alpha value is -3.94. The molecule has 0 unspecified atom stereocenters. The maximum absolute atomic E-state index is 10.8. The van der Waals surface area contributed by atoms with E-state index < -0.39 is 9.85 Å². The van der Waals surface area contributed by atoms with E-state index in [9.17, 15) is 20.2 Å². The first kappa shape index (κ1) is 18.8. The van der Waals surface area contributed by atoms with Gasteiger partial charge in [0.25, 0.3) is 11.4 Å². The van der Waals surface area contributed by atoms with Crippen molar-refractivity contribution in [3.05, 3.63) is 104 Å². The van der Waals surface area contributed by atoms with Gasteiger partial charge in [0.1, 0.15) is 12.4 Å². The highest BCUT2D eigenvalue weighted by Crippen LogP contribution is 2.19. The summed E-state index contributed by atoms with van der Waals surface area (Å²) in [5.74, 6) is 0.678. The van der Waals surface area contributed by atoms with Gasteiger partial charge in [-0.2, -0.15) is 0 Å². The van der Waals surface area contributed by atoms with E-state index in [4.69, 9.17) is 4.74 Å². The smallest absolute Gasteiger partial charge is 0.271 e. The molecule has 3 aromatic carbocycles. The Kier molecular flexibility index (Phi) is 5.81. The number of hydrogen-bond donors (Lipinski definition) is 1. The molecular weight excluding hydrogens is 362 g/mol. The third-order valence-electron chi connectivity index (χ3n) is 4.03. The molecule has 0 spiro atoms. The number of hydrogen-bond acceptors (Lipinski definition) is 6. The van der Waals surface area contributed by atoms with Gasteiger partial charge < -0.3 is 10.1 Å². The number of benzene rings is 3. The number of nitro benzene ring substituents is 2. The summed E-state index contributed by atoms with van der Waals surface area (Å²) in [6, 6.07) is 20.0. The molecule has 3 rings (SSSR count). The normalized spacial score (nSPS) is 10.3. The van der Waals surface area contributed by atoms with E-state index in [0.29, 0.717) is 24.6 Å². The number of ether oxygens (including phenoxy) is 1. The Labute approximate surface area is 160 Å². The number of nitro groups is 2. The molecule has 0 amide bonds. The van der Waals surface area contributed by atoms with E-state index in [1.807, 2.05) is 24.3 Å². The molecule has 0 aliphatic rings. The summed E-state index contributed by atoms with van der Waals surface area (Å²) in [4.78, 5) is 20.6. The largest absolute Gasteiger partial charge is 0.489 e. The van der Waals surface area contributed by atoms with Gasteiger partial charge in [-0.25, -0.2) is 0 Å². The van der Waals surface area contributed by atoms with Gasteiger partial charge in [0.2, 0.25) is 0 Å². The van der Waals surface area contributed by atoms with Crippen LogP contribution in [0.25, 0.3) is 0 Å². The number of non-ortho nitro benzene ring substituents is 2. The molecule has 0 aliphatic heterocycles. The second-order valence-corrected chi connectivity index (χ2v) is 6.02. The van der Waals surface area contributed by atoms with Crippen molar-refractivity contribution in [1.82, 2.24) is 0 Å². The summed E-state index contributed by atoms with van der Waals surface area (Å²) in [7, 11) is 0. The van der Waals surface area contributed by atoms with Crippen molar-refractivity contribution < 1.29 is 14.6 Å². The van der Waals surface area contributed by atoms with Crippen molar-refractivity contribution in [3.63, 3.8) is 0 Å². The highest BCUT2D eigenvalue weighted by molar-refractivity contribution is 5.51. The second-order valence-electron chi connectivity index (χ2n) is 6.02. The molecule has 0 aliphatic carbocycles. The molecule has 8 nitrogen and oxygen atoms in total. The van der Waals surface area contributed by atoms with E-state index in [0.717, 1.165) is 11.1 Å². The molecular formula is C20H17N3O5. The molecule has 0 saturated heterocycles. The zero-order valence-corrected chi connectivity index (χ0v) is 14.8. The molecule has 0 fully saturated rings. The van der Waals surface area contributed by atoms with Crippen molar-refractivity contribution in [1.29, 1.82) is 0 Å². The quantitative estimate of drug-likeness (QED) is 0.449. The molecule has 0 bridgehead atoms. The minimum Gasteiger partial charge on any atom is -0.489 e. The first-order valence-corrected chi connectivity index (χ1v) is 8.45.